The SMILES string of the molecule is COc1c(F)ccc(C(=O)N2CCC(c3ncnc4cc(N5CCN(C)CC5)cnc34)CC2)c1F. The number of hydrogen-bond donors (Lipinski definition) is 0. The third kappa shape index (κ3) is 4.50. The number of amides is 1. The Bertz CT molecular complexity index is 1240. The number of ether oxygens (including phenoxy) is 1. The minimum atomic E-state index is -0.971. The zero-order chi connectivity index (χ0) is 24.5. The van der Waals surface area contributed by atoms with Gasteiger partial charge in [0.2, 0.25) is 0 Å². The minimum absolute atomic E-state index is 0.110. The van der Waals surface area contributed by atoms with Crippen molar-refractivity contribution in [3.05, 3.63) is 53.6 Å². The molecule has 1 amide bonds. The van der Waals surface area contributed by atoms with Gasteiger partial charge in [-0.1, -0.05) is 0 Å². The molecule has 2 fully saturated rings. The standard InChI is InChI=1S/C25H28F2N6O2/c1-31-9-11-32(12-10-31)17-13-20-23(28-14-17)22(30-15-29-20)16-5-7-33(8-6-16)25(34)18-3-4-19(26)24(35-2)21(18)27/h3-4,13-16H,5-12H2,1-2H3. The van der Waals surface area contributed by atoms with Crippen LogP contribution in [0.4, 0.5) is 14.5 Å². The molecule has 184 valence electrons. The van der Waals surface area contributed by atoms with Gasteiger partial charge in [-0.3, -0.25) is 9.78 Å². The number of likely N-dealkylation sites (tertiary alicyclic amines) is 1. The number of fused-ring (bicyclic) bond motifs is 1. The van der Waals surface area contributed by atoms with Crippen molar-refractivity contribution >= 4 is 22.6 Å². The number of methoxy groups -OCH3 is 1. The summed E-state index contributed by atoms with van der Waals surface area (Å²) in [6, 6.07) is 4.29. The Morgan fingerprint density at radius 3 is 2.49 bits per heavy atom. The molecular weight excluding hydrogens is 454 g/mol. The molecule has 35 heavy (non-hydrogen) atoms. The normalized spacial score (nSPS) is 17.7. The summed E-state index contributed by atoms with van der Waals surface area (Å²) >= 11 is 0. The number of anilines is 1. The van der Waals surface area contributed by atoms with Crippen LogP contribution in [0.15, 0.2) is 30.7 Å². The molecule has 0 radical (unpaired) electrons. The summed E-state index contributed by atoms with van der Waals surface area (Å²) in [5.74, 6) is -2.71. The van der Waals surface area contributed by atoms with Crippen molar-refractivity contribution in [1.29, 1.82) is 0 Å². The average Bonchev–Trinajstić information content (AvgIpc) is 2.88. The Labute approximate surface area is 202 Å². The smallest absolute Gasteiger partial charge is 0.256 e. The van der Waals surface area contributed by atoms with Gasteiger partial charge >= 0.3 is 0 Å². The van der Waals surface area contributed by atoms with E-state index in [0.717, 1.165) is 54.7 Å². The lowest BCUT2D eigenvalue weighted by Gasteiger charge is -2.34. The second-order valence-corrected chi connectivity index (χ2v) is 9.12. The van der Waals surface area contributed by atoms with Crippen molar-refractivity contribution in [2.45, 2.75) is 18.8 Å². The Kier molecular flexibility index (Phi) is 6.46. The van der Waals surface area contributed by atoms with Gasteiger partial charge in [-0.05, 0) is 38.1 Å². The lowest BCUT2D eigenvalue weighted by molar-refractivity contribution is 0.0706. The molecule has 8 nitrogen and oxygen atoms in total. The maximum atomic E-state index is 14.6. The van der Waals surface area contributed by atoms with Crippen LogP contribution < -0.4 is 9.64 Å². The fourth-order valence-electron chi connectivity index (χ4n) is 4.90. The average molecular weight is 483 g/mol. The number of hydrogen-bond acceptors (Lipinski definition) is 7. The van der Waals surface area contributed by atoms with Gasteiger partial charge < -0.3 is 19.4 Å². The molecule has 0 atom stereocenters. The summed E-state index contributed by atoms with van der Waals surface area (Å²) in [5, 5.41) is 0. The molecule has 0 N–H and O–H groups in total. The number of halogens is 2. The minimum Gasteiger partial charge on any atom is -0.491 e. The van der Waals surface area contributed by atoms with Gasteiger partial charge in [-0.2, -0.15) is 0 Å². The number of pyridine rings is 1. The Morgan fingerprint density at radius 2 is 1.77 bits per heavy atom. The van der Waals surface area contributed by atoms with Gasteiger partial charge in [0, 0.05) is 45.2 Å². The van der Waals surface area contributed by atoms with E-state index in [1.54, 1.807) is 11.2 Å². The fourth-order valence-corrected chi connectivity index (χ4v) is 4.90. The van der Waals surface area contributed by atoms with E-state index in [4.69, 9.17) is 9.72 Å². The maximum absolute atomic E-state index is 14.6. The number of aromatic nitrogens is 3. The Morgan fingerprint density at radius 1 is 1.03 bits per heavy atom. The zero-order valence-corrected chi connectivity index (χ0v) is 19.9. The van der Waals surface area contributed by atoms with Crippen molar-refractivity contribution in [2.24, 2.45) is 0 Å². The molecule has 3 aromatic rings. The van der Waals surface area contributed by atoms with Gasteiger partial charge in [-0.15, -0.1) is 0 Å². The maximum Gasteiger partial charge on any atom is 0.256 e. The third-order valence-electron chi connectivity index (χ3n) is 7.01. The van der Waals surface area contributed by atoms with E-state index in [9.17, 15) is 13.6 Å². The highest BCUT2D eigenvalue weighted by Crippen LogP contribution is 2.33. The number of carbonyl (C=O) groups is 1. The van der Waals surface area contributed by atoms with Crippen LogP contribution in [-0.4, -0.2) is 84.1 Å². The number of carbonyl (C=O) groups excluding carboxylic acids is 1. The molecule has 0 unspecified atom stereocenters. The van der Waals surface area contributed by atoms with Gasteiger partial charge in [0.05, 0.1) is 35.8 Å². The molecule has 5 rings (SSSR count). The van der Waals surface area contributed by atoms with E-state index in [2.05, 4.69) is 32.9 Å². The third-order valence-corrected chi connectivity index (χ3v) is 7.01. The molecule has 0 spiro atoms. The molecule has 0 bridgehead atoms. The van der Waals surface area contributed by atoms with Crippen molar-refractivity contribution in [3.63, 3.8) is 0 Å². The molecule has 0 aliphatic carbocycles. The van der Waals surface area contributed by atoms with Gasteiger partial charge in [0.1, 0.15) is 11.8 Å². The number of piperidine rings is 1. The summed E-state index contributed by atoms with van der Waals surface area (Å²) in [6.07, 6.45) is 4.80. The Hall–Kier alpha value is -3.40. The van der Waals surface area contributed by atoms with Crippen LogP contribution in [0.5, 0.6) is 5.75 Å². The highest BCUT2D eigenvalue weighted by molar-refractivity contribution is 5.95. The summed E-state index contributed by atoms with van der Waals surface area (Å²) in [4.78, 5) is 32.9. The van der Waals surface area contributed by atoms with Crippen LogP contribution in [0.2, 0.25) is 0 Å². The molecule has 2 aliphatic rings. The summed E-state index contributed by atoms with van der Waals surface area (Å²) in [5.41, 5.74) is 3.34. The summed E-state index contributed by atoms with van der Waals surface area (Å²) in [6.45, 7) is 4.81. The van der Waals surface area contributed by atoms with E-state index in [-0.39, 0.29) is 11.5 Å². The van der Waals surface area contributed by atoms with Crippen molar-refractivity contribution in [3.8, 4) is 5.75 Å². The van der Waals surface area contributed by atoms with Crippen LogP contribution in [0.3, 0.4) is 0 Å². The number of nitrogens with zero attached hydrogens (tertiary/aromatic N) is 6. The summed E-state index contributed by atoms with van der Waals surface area (Å²) in [7, 11) is 3.30. The van der Waals surface area contributed by atoms with E-state index in [0.29, 0.717) is 25.9 Å². The van der Waals surface area contributed by atoms with Crippen molar-refractivity contribution < 1.29 is 18.3 Å². The predicted octanol–water partition coefficient (Wildman–Crippen LogP) is 3.08. The molecule has 2 aliphatic heterocycles. The van der Waals surface area contributed by atoms with E-state index < -0.39 is 23.3 Å². The predicted molar refractivity (Wildman–Crippen MR) is 128 cm³/mol. The lowest BCUT2D eigenvalue weighted by atomic mass is 9.92. The second kappa shape index (κ2) is 9.69. The topological polar surface area (TPSA) is 74.7 Å². The van der Waals surface area contributed by atoms with Crippen molar-refractivity contribution in [1.82, 2.24) is 24.8 Å². The molecule has 4 heterocycles. The molecular formula is C25H28F2N6O2. The molecule has 2 saturated heterocycles. The first kappa shape index (κ1) is 23.3. The summed E-state index contributed by atoms with van der Waals surface area (Å²) < 4.78 is 33.1. The zero-order valence-electron chi connectivity index (χ0n) is 19.9. The number of piperazine rings is 1. The quantitative estimate of drug-likeness (QED) is 0.566. The van der Waals surface area contributed by atoms with Crippen LogP contribution in [0.25, 0.3) is 11.0 Å². The van der Waals surface area contributed by atoms with Gasteiger partial charge in [-0.25, -0.2) is 18.7 Å². The van der Waals surface area contributed by atoms with Gasteiger partial charge in [0.25, 0.3) is 5.91 Å². The second-order valence-electron chi connectivity index (χ2n) is 9.12. The lowest BCUT2D eigenvalue weighted by Crippen LogP contribution is -2.44. The van der Waals surface area contributed by atoms with Crippen LogP contribution in [0, 0.1) is 11.6 Å². The Balaban J connectivity index is 1.31. The van der Waals surface area contributed by atoms with Crippen LogP contribution >= 0.6 is 0 Å². The van der Waals surface area contributed by atoms with Crippen molar-refractivity contribution in [2.75, 3.05) is 58.3 Å². The molecule has 2 aromatic heterocycles. The van der Waals surface area contributed by atoms with E-state index >= 15 is 0 Å². The first-order valence-electron chi connectivity index (χ1n) is 11.8. The first-order chi connectivity index (χ1) is 17.0. The number of likely N-dealkylation sites (N-methyl/N-ethyl adjacent to an activating group) is 1. The van der Waals surface area contributed by atoms with Crippen LogP contribution in [0.1, 0.15) is 34.8 Å². The fraction of sp³-hybridized carbons (Fsp3) is 0.440. The van der Waals surface area contributed by atoms with E-state index in [1.807, 2.05) is 6.20 Å². The van der Waals surface area contributed by atoms with Crippen LogP contribution in [-0.2, 0) is 0 Å². The largest absolute Gasteiger partial charge is 0.491 e. The number of benzene rings is 1. The van der Waals surface area contributed by atoms with Gasteiger partial charge in [0.15, 0.2) is 17.4 Å². The molecule has 1 aromatic carbocycles. The first-order valence-corrected chi connectivity index (χ1v) is 11.8. The molecule has 10 heteroatoms. The number of rotatable bonds is 4. The monoisotopic (exact) mass is 482 g/mol. The highest BCUT2D eigenvalue weighted by Gasteiger charge is 2.29. The molecule has 0 saturated carbocycles. The highest BCUT2D eigenvalue weighted by atomic mass is 19.1. The van der Waals surface area contributed by atoms with E-state index in [1.165, 1.54) is 13.2 Å².